The first-order valence-corrected chi connectivity index (χ1v) is 9.02. The smallest absolute Gasteiger partial charge is 0.290 e. The number of carbonyl (C=O) groups excluding carboxylic acids is 2. The van der Waals surface area contributed by atoms with Gasteiger partial charge in [-0.15, -0.1) is 0 Å². The first-order valence-electron chi connectivity index (χ1n) is 9.02. The third kappa shape index (κ3) is 3.31. The van der Waals surface area contributed by atoms with E-state index in [1.165, 1.54) is 29.2 Å². The van der Waals surface area contributed by atoms with E-state index in [0.29, 0.717) is 5.76 Å². The van der Waals surface area contributed by atoms with E-state index in [-0.39, 0.29) is 23.4 Å². The normalized spacial score (nSPS) is 16.6. The lowest BCUT2D eigenvalue weighted by Gasteiger charge is -2.26. The van der Waals surface area contributed by atoms with Crippen molar-refractivity contribution in [1.82, 2.24) is 4.90 Å². The van der Waals surface area contributed by atoms with E-state index in [9.17, 15) is 19.1 Å². The van der Waals surface area contributed by atoms with Crippen LogP contribution < -0.4 is 4.98 Å². The van der Waals surface area contributed by atoms with Gasteiger partial charge in [0.1, 0.15) is 11.6 Å². The highest BCUT2D eigenvalue weighted by Gasteiger charge is 2.45. The topological polar surface area (TPSA) is 84.9 Å². The number of amides is 1. The lowest BCUT2D eigenvalue weighted by atomic mass is 9.94. The highest BCUT2D eigenvalue weighted by molar-refractivity contribution is 6.15. The molecule has 0 radical (unpaired) electrons. The van der Waals surface area contributed by atoms with Crippen molar-refractivity contribution in [2.24, 2.45) is 0 Å². The van der Waals surface area contributed by atoms with Crippen LogP contribution >= 0.6 is 0 Å². The van der Waals surface area contributed by atoms with Gasteiger partial charge in [0, 0.05) is 17.2 Å². The maximum absolute atomic E-state index is 14.7. The fourth-order valence-electron chi connectivity index (χ4n) is 3.48. The van der Waals surface area contributed by atoms with Gasteiger partial charge >= 0.3 is 0 Å². The molecule has 1 unspecified atom stereocenters. The maximum Gasteiger partial charge on any atom is 0.290 e. The van der Waals surface area contributed by atoms with Crippen LogP contribution in [0.15, 0.2) is 76.7 Å². The first-order chi connectivity index (χ1) is 14.0. The number of aliphatic hydroxyl groups is 1. The summed E-state index contributed by atoms with van der Waals surface area (Å²) in [5.41, 5.74) is 0.656. The highest BCUT2D eigenvalue weighted by atomic mass is 19.1. The summed E-state index contributed by atoms with van der Waals surface area (Å²) in [4.78, 5) is 30.1. The lowest BCUT2D eigenvalue weighted by Crippen LogP contribution is -2.31. The molecule has 0 saturated carbocycles. The van der Waals surface area contributed by atoms with Crippen molar-refractivity contribution < 1.29 is 28.5 Å². The van der Waals surface area contributed by atoms with Crippen LogP contribution in [0.4, 0.5) is 4.39 Å². The molecule has 0 spiro atoms. The molecule has 1 atom stereocenters. The molecule has 0 fully saturated rings. The zero-order chi connectivity index (χ0) is 20.5. The highest BCUT2D eigenvalue weighted by Crippen LogP contribution is 2.40. The molecule has 1 amide bonds. The van der Waals surface area contributed by atoms with Crippen LogP contribution in [0.25, 0.3) is 0 Å². The summed E-state index contributed by atoms with van der Waals surface area (Å²) in [6.45, 7) is 1.75. The minimum atomic E-state index is -1.08. The molecule has 0 saturated heterocycles. The number of aromatic nitrogens is 1. The minimum absolute atomic E-state index is 0.0203. The summed E-state index contributed by atoms with van der Waals surface area (Å²) < 4.78 is 20.1. The van der Waals surface area contributed by atoms with Gasteiger partial charge in [0.2, 0.25) is 5.78 Å². The number of nitrogens with zero attached hydrogens (tertiary/aromatic N) is 1. The van der Waals surface area contributed by atoms with E-state index in [0.717, 1.165) is 5.56 Å². The summed E-state index contributed by atoms with van der Waals surface area (Å²) >= 11 is 0. The predicted molar refractivity (Wildman–Crippen MR) is 100 cm³/mol. The quantitative estimate of drug-likeness (QED) is 0.674. The molecule has 146 valence electrons. The molecular formula is C22H18FN2O4+. The number of hydrogen-bond acceptors (Lipinski definition) is 4. The fourth-order valence-corrected chi connectivity index (χ4v) is 3.48. The second-order valence-corrected chi connectivity index (χ2v) is 6.77. The van der Waals surface area contributed by atoms with Gasteiger partial charge in [-0.1, -0.05) is 18.2 Å². The largest absolute Gasteiger partial charge is 0.503 e. The Morgan fingerprint density at radius 1 is 1.21 bits per heavy atom. The molecule has 7 heteroatoms. The fraction of sp³-hybridized carbons (Fsp3) is 0.136. The average molecular weight is 393 g/mol. The van der Waals surface area contributed by atoms with Crippen molar-refractivity contribution in [1.29, 1.82) is 0 Å². The van der Waals surface area contributed by atoms with E-state index >= 15 is 0 Å². The van der Waals surface area contributed by atoms with Gasteiger partial charge in [0.25, 0.3) is 5.91 Å². The number of halogens is 1. The summed E-state index contributed by atoms with van der Waals surface area (Å²) in [7, 11) is 0. The van der Waals surface area contributed by atoms with Crippen LogP contribution in [0.1, 0.15) is 33.5 Å². The van der Waals surface area contributed by atoms with Crippen LogP contribution in [-0.4, -0.2) is 21.7 Å². The van der Waals surface area contributed by atoms with E-state index < -0.39 is 29.3 Å². The molecule has 4 rings (SSSR count). The zero-order valence-corrected chi connectivity index (χ0v) is 15.6. The number of aliphatic hydroxyl groups excluding tert-OH is 1. The molecule has 1 aliphatic rings. The summed E-state index contributed by atoms with van der Waals surface area (Å²) in [6.07, 6.45) is 3.41. The summed E-state index contributed by atoms with van der Waals surface area (Å²) in [5, 5.41) is 10.6. The number of pyridine rings is 1. The van der Waals surface area contributed by atoms with Crippen molar-refractivity contribution in [3.63, 3.8) is 0 Å². The van der Waals surface area contributed by atoms with Gasteiger partial charge in [-0.05, 0) is 31.2 Å². The van der Waals surface area contributed by atoms with E-state index in [1.54, 1.807) is 43.6 Å². The Balaban J connectivity index is 1.82. The predicted octanol–water partition coefficient (Wildman–Crippen LogP) is 3.32. The monoisotopic (exact) mass is 393 g/mol. The molecule has 1 aromatic carbocycles. The maximum atomic E-state index is 14.7. The number of carbonyl (C=O) groups is 2. The Morgan fingerprint density at radius 3 is 2.66 bits per heavy atom. The second-order valence-electron chi connectivity index (χ2n) is 6.77. The van der Waals surface area contributed by atoms with Gasteiger partial charge < -0.3 is 14.4 Å². The molecule has 3 heterocycles. The lowest BCUT2D eigenvalue weighted by molar-refractivity contribution is -0.378. The van der Waals surface area contributed by atoms with Gasteiger partial charge in [-0.2, -0.15) is 0 Å². The summed E-state index contributed by atoms with van der Waals surface area (Å²) in [5.74, 6) is -2.18. The number of furan rings is 1. The number of benzene rings is 1. The molecule has 6 nitrogen and oxygen atoms in total. The third-order valence-electron chi connectivity index (χ3n) is 4.84. The molecule has 29 heavy (non-hydrogen) atoms. The third-order valence-corrected chi connectivity index (χ3v) is 4.84. The van der Waals surface area contributed by atoms with Gasteiger partial charge in [0.05, 0.1) is 18.2 Å². The Kier molecular flexibility index (Phi) is 4.72. The van der Waals surface area contributed by atoms with Gasteiger partial charge in [-0.3, -0.25) is 9.59 Å². The van der Waals surface area contributed by atoms with Crippen molar-refractivity contribution in [3.05, 3.63) is 101 Å². The number of aryl methyl sites for hydroxylation is 1. The van der Waals surface area contributed by atoms with Crippen molar-refractivity contribution in [3.8, 4) is 0 Å². The van der Waals surface area contributed by atoms with Crippen LogP contribution in [0.3, 0.4) is 0 Å². The Labute approximate surface area is 165 Å². The van der Waals surface area contributed by atoms with Crippen molar-refractivity contribution in [2.75, 3.05) is 0 Å². The molecular weight excluding hydrogens is 375 g/mol. The first kappa shape index (κ1) is 18.6. The molecule has 2 N–H and O–H groups in total. The summed E-state index contributed by atoms with van der Waals surface area (Å²) in [6, 6.07) is 11.4. The van der Waals surface area contributed by atoms with Crippen LogP contribution in [0, 0.1) is 12.7 Å². The number of rotatable bonds is 5. The number of aromatic amines is 1. The Morgan fingerprint density at radius 2 is 2.00 bits per heavy atom. The number of hydrogen-bond donors (Lipinski definition) is 1. The number of H-pyrrole nitrogens is 1. The van der Waals surface area contributed by atoms with Gasteiger partial charge in [-0.25, -0.2) is 9.37 Å². The van der Waals surface area contributed by atoms with E-state index in [2.05, 4.69) is 4.98 Å². The van der Waals surface area contributed by atoms with Crippen LogP contribution in [0.2, 0.25) is 0 Å². The zero-order valence-electron chi connectivity index (χ0n) is 15.6. The molecule has 1 aliphatic heterocycles. The van der Waals surface area contributed by atoms with Crippen LogP contribution in [-0.2, 0) is 11.3 Å². The Hall–Kier alpha value is -3.74. The van der Waals surface area contributed by atoms with Crippen molar-refractivity contribution >= 4 is 11.7 Å². The number of ketones is 1. The Bertz CT molecular complexity index is 1120. The number of Topliss-reactive ketones (excluding diaryl/α,β-unsaturated/α-hetero) is 1. The molecule has 0 bridgehead atoms. The second kappa shape index (κ2) is 7.35. The SMILES string of the molecule is Cc1ccc(C(=O)C2=C(O)C(=O)N(Cc3ccc[nH+]c3)C2c2ccccc2F)o1. The van der Waals surface area contributed by atoms with E-state index in [4.69, 9.17) is 4.42 Å². The van der Waals surface area contributed by atoms with Crippen LogP contribution in [0.5, 0.6) is 0 Å². The molecule has 2 aromatic heterocycles. The van der Waals surface area contributed by atoms with E-state index in [1.807, 2.05) is 0 Å². The van der Waals surface area contributed by atoms with Gasteiger partial charge in [0.15, 0.2) is 23.9 Å². The molecule has 0 aliphatic carbocycles. The van der Waals surface area contributed by atoms with Crippen molar-refractivity contribution in [2.45, 2.75) is 19.5 Å². The standard InChI is InChI=1S/C22H17FN2O4/c1-13-8-9-17(29-13)20(26)18-19(15-6-2-3-7-16(15)23)25(22(28)21(18)27)12-14-5-4-10-24-11-14/h2-11,19,27H,12H2,1H3/p+1. The number of nitrogens with one attached hydrogen (secondary N) is 1. The average Bonchev–Trinajstić information content (AvgIpc) is 3.26. The molecule has 3 aromatic rings. The minimum Gasteiger partial charge on any atom is -0.503 e.